The predicted octanol–water partition coefficient (Wildman–Crippen LogP) is -2.43. The standard InChI is InChI=1S/C15H31N7O4/c1-9(21-13(24)10(17)5-2-3-7-16)12(23)22-11(14(25)26)6-4-8-20-15(18)19/h9-11H,2-8,16-17H2,1H3,(H,21,24)(H,22,23)(H,25,26)(H4,18,19,20)/t9-,10-,11-/m0/s1. The van der Waals surface area contributed by atoms with Crippen molar-refractivity contribution in [2.24, 2.45) is 27.9 Å². The predicted molar refractivity (Wildman–Crippen MR) is 98.0 cm³/mol. The van der Waals surface area contributed by atoms with E-state index in [1.807, 2.05) is 0 Å². The summed E-state index contributed by atoms with van der Waals surface area (Å²) in [6.45, 7) is 2.23. The second kappa shape index (κ2) is 12.9. The maximum absolute atomic E-state index is 12.1. The minimum atomic E-state index is -1.18. The molecule has 0 saturated heterocycles. The normalized spacial score (nSPS) is 14.0. The van der Waals surface area contributed by atoms with Gasteiger partial charge in [0.2, 0.25) is 11.8 Å². The Morgan fingerprint density at radius 1 is 1.04 bits per heavy atom. The third-order valence-corrected chi connectivity index (χ3v) is 3.62. The van der Waals surface area contributed by atoms with Crippen molar-refractivity contribution in [1.29, 1.82) is 0 Å². The van der Waals surface area contributed by atoms with Gasteiger partial charge in [0.05, 0.1) is 6.04 Å². The molecule has 0 radical (unpaired) electrons. The van der Waals surface area contributed by atoms with Crippen LogP contribution in [0.5, 0.6) is 0 Å². The first-order valence-electron chi connectivity index (χ1n) is 8.53. The van der Waals surface area contributed by atoms with Crippen molar-refractivity contribution in [3.05, 3.63) is 0 Å². The van der Waals surface area contributed by atoms with Gasteiger partial charge in [-0.25, -0.2) is 4.79 Å². The van der Waals surface area contributed by atoms with Crippen LogP contribution in [0.1, 0.15) is 39.0 Å². The fraction of sp³-hybridized carbons (Fsp3) is 0.733. The van der Waals surface area contributed by atoms with Crippen molar-refractivity contribution in [2.45, 2.75) is 57.2 Å². The molecule has 11 heteroatoms. The Morgan fingerprint density at radius 3 is 2.23 bits per heavy atom. The summed E-state index contributed by atoms with van der Waals surface area (Å²) in [4.78, 5) is 39.0. The molecule has 11 N–H and O–H groups in total. The summed E-state index contributed by atoms with van der Waals surface area (Å²) in [5.74, 6) is -2.34. The lowest BCUT2D eigenvalue weighted by molar-refractivity contribution is -0.142. The quantitative estimate of drug-likeness (QED) is 0.104. The largest absolute Gasteiger partial charge is 0.480 e. The number of amides is 2. The molecule has 0 unspecified atom stereocenters. The Bertz CT molecular complexity index is 494. The van der Waals surface area contributed by atoms with E-state index >= 15 is 0 Å². The van der Waals surface area contributed by atoms with Crippen molar-refractivity contribution in [3.63, 3.8) is 0 Å². The van der Waals surface area contributed by atoms with E-state index in [2.05, 4.69) is 15.6 Å². The summed E-state index contributed by atoms with van der Waals surface area (Å²) in [6, 6.07) is -2.76. The molecule has 0 aliphatic carbocycles. The molecule has 0 rings (SSSR count). The number of hydrogen-bond acceptors (Lipinski definition) is 6. The average molecular weight is 373 g/mol. The number of carbonyl (C=O) groups is 3. The molecule has 0 spiro atoms. The first-order valence-corrected chi connectivity index (χ1v) is 8.53. The highest BCUT2D eigenvalue weighted by atomic mass is 16.4. The average Bonchev–Trinajstić information content (AvgIpc) is 2.56. The van der Waals surface area contributed by atoms with Crippen LogP contribution in [0.3, 0.4) is 0 Å². The van der Waals surface area contributed by atoms with Crippen LogP contribution in [-0.2, 0) is 14.4 Å². The Labute approximate surface area is 152 Å². The number of unbranched alkanes of at least 4 members (excludes halogenated alkanes) is 1. The van der Waals surface area contributed by atoms with Gasteiger partial charge in [-0.05, 0) is 39.2 Å². The van der Waals surface area contributed by atoms with Gasteiger partial charge in [-0.15, -0.1) is 0 Å². The summed E-state index contributed by atoms with van der Waals surface area (Å²) in [5.41, 5.74) is 21.5. The van der Waals surface area contributed by atoms with E-state index in [-0.39, 0.29) is 18.9 Å². The molecular formula is C15H31N7O4. The van der Waals surface area contributed by atoms with E-state index in [1.165, 1.54) is 6.92 Å². The summed E-state index contributed by atoms with van der Waals surface area (Å²) in [7, 11) is 0. The van der Waals surface area contributed by atoms with Gasteiger partial charge in [0.15, 0.2) is 5.96 Å². The number of aliphatic imine (C=N–C) groups is 1. The lowest BCUT2D eigenvalue weighted by atomic mass is 10.1. The topological polar surface area (TPSA) is 212 Å². The van der Waals surface area contributed by atoms with Crippen LogP contribution in [0.15, 0.2) is 4.99 Å². The van der Waals surface area contributed by atoms with Gasteiger partial charge in [-0.1, -0.05) is 6.42 Å². The number of carboxylic acid groups (broad SMARTS) is 1. The maximum atomic E-state index is 12.1. The molecule has 0 aromatic rings. The Balaban J connectivity index is 4.43. The molecule has 3 atom stereocenters. The minimum Gasteiger partial charge on any atom is -0.480 e. The van der Waals surface area contributed by atoms with E-state index in [9.17, 15) is 19.5 Å². The van der Waals surface area contributed by atoms with Crippen LogP contribution < -0.4 is 33.6 Å². The zero-order chi connectivity index (χ0) is 20.1. The van der Waals surface area contributed by atoms with Gasteiger partial charge >= 0.3 is 5.97 Å². The molecule has 0 aromatic heterocycles. The van der Waals surface area contributed by atoms with Crippen molar-refractivity contribution < 1.29 is 19.5 Å². The molecule has 0 heterocycles. The van der Waals surface area contributed by atoms with Crippen LogP contribution in [0, 0.1) is 0 Å². The van der Waals surface area contributed by atoms with E-state index in [1.54, 1.807) is 0 Å². The second-order valence-electron chi connectivity index (χ2n) is 5.97. The number of guanidine groups is 1. The number of carbonyl (C=O) groups excluding carboxylic acids is 2. The minimum absolute atomic E-state index is 0.0833. The van der Waals surface area contributed by atoms with Crippen molar-refractivity contribution in [1.82, 2.24) is 10.6 Å². The van der Waals surface area contributed by atoms with E-state index in [0.717, 1.165) is 6.42 Å². The number of aliphatic carboxylic acids is 1. The van der Waals surface area contributed by atoms with Gasteiger partial charge in [-0.3, -0.25) is 14.6 Å². The number of nitrogens with one attached hydrogen (secondary N) is 2. The van der Waals surface area contributed by atoms with Gasteiger partial charge < -0.3 is 38.7 Å². The first kappa shape index (κ1) is 23.6. The third-order valence-electron chi connectivity index (χ3n) is 3.62. The fourth-order valence-electron chi connectivity index (χ4n) is 2.08. The Morgan fingerprint density at radius 2 is 1.69 bits per heavy atom. The highest BCUT2D eigenvalue weighted by molar-refractivity contribution is 5.91. The molecule has 2 amide bonds. The summed E-state index contributed by atoms with van der Waals surface area (Å²) in [5, 5.41) is 14.0. The van der Waals surface area contributed by atoms with Crippen molar-refractivity contribution in [3.8, 4) is 0 Å². The Kier molecular flexibility index (Phi) is 11.7. The van der Waals surface area contributed by atoms with Crippen LogP contribution >= 0.6 is 0 Å². The SMILES string of the molecule is C[C@H](NC(=O)[C@@H](N)CCCCN)C(=O)N[C@@H](CCCN=C(N)N)C(=O)O. The number of nitrogens with two attached hydrogens (primary N) is 4. The number of rotatable bonds is 13. The molecule has 0 aliphatic heterocycles. The van der Waals surface area contributed by atoms with E-state index in [4.69, 9.17) is 22.9 Å². The number of hydrogen-bond donors (Lipinski definition) is 7. The smallest absolute Gasteiger partial charge is 0.326 e. The highest BCUT2D eigenvalue weighted by Crippen LogP contribution is 2.01. The monoisotopic (exact) mass is 373 g/mol. The van der Waals surface area contributed by atoms with E-state index in [0.29, 0.717) is 25.8 Å². The molecular weight excluding hydrogens is 342 g/mol. The van der Waals surface area contributed by atoms with E-state index < -0.39 is 35.9 Å². The summed E-state index contributed by atoms with van der Waals surface area (Å²) in [6.07, 6.45) is 2.46. The maximum Gasteiger partial charge on any atom is 0.326 e. The molecule has 0 aromatic carbocycles. The van der Waals surface area contributed by atoms with Gasteiger partial charge in [-0.2, -0.15) is 0 Å². The molecule has 0 fully saturated rings. The zero-order valence-electron chi connectivity index (χ0n) is 15.1. The molecule has 11 nitrogen and oxygen atoms in total. The molecule has 150 valence electrons. The van der Waals surface area contributed by atoms with Gasteiger partial charge in [0.25, 0.3) is 0 Å². The van der Waals surface area contributed by atoms with Crippen molar-refractivity contribution >= 4 is 23.7 Å². The molecule has 26 heavy (non-hydrogen) atoms. The van der Waals surface area contributed by atoms with Crippen LogP contribution in [0.2, 0.25) is 0 Å². The number of nitrogens with zero attached hydrogens (tertiary/aromatic N) is 1. The summed E-state index contributed by atoms with van der Waals surface area (Å²) < 4.78 is 0. The van der Waals surface area contributed by atoms with Gasteiger partial charge in [0.1, 0.15) is 12.1 Å². The highest BCUT2D eigenvalue weighted by Gasteiger charge is 2.24. The second-order valence-corrected chi connectivity index (χ2v) is 5.97. The van der Waals surface area contributed by atoms with Gasteiger partial charge in [0, 0.05) is 6.54 Å². The van der Waals surface area contributed by atoms with Crippen LogP contribution in [0.4, 0.5) is 0 Å². The zero-order valence-corrected chi connectivity index (χ0v) is 15.1. The number of carboxylic acids is 1. The van der Waals surface area contributed by atoms with Crippen LogP contribution in [-0.4, -0.2) is 60.1 Å². The third kappa shape index (κ3) is 10.5. The summed E-state index contributed by atoms with van der Waals surface area (Å²) >= 11 is 0. The van der Waals surface area contributed by atoms with Crippen LogP contribution in [0.25, 0.3) is 0 Å². The fourth-order valence-corrected chi connectivity index (χ4v) is 2.08. The molecule has 0 saturated carbocycles. The Hall–Kier alpha value is -2.40. The lowest BCUT2D eigenvalue weighted by Crippen LogP contribution is -2.53. The molecule has 0 bridgehead atoms. The lowest BCUT2D eigenvalue weighted by Gasteiger charge is -2.20. The van der Waals surface area contributed by atoms with Crippen molar-refractivity contribution in [2.75, 3.05) is 13.1 Å². The molecule has 0 aliphatic rings. The first-order chi connectivity index (χ1) is 12.2.